The van der Waals surface area contributed by atoms with Gasteiger partial charge in [0.2, 0.25) is 0 Å². The van der Waals surface area contributed by atoms with Crippen LogP contribution >= 0.6 is 0 Å². The molecule has 4 rings (SSSR count). The molecule has 2 aromatic rings. The number of halogens is 9. The number of nitrogens with zero attached hydrogens (tertiary/aromatic N) is 2. The van der Waals surface area contributed by atoms with Gasteiger partial charge in [-0.1, -0.05) is 13.3 Å². The van der Waals surface area contributed by atoms with Crippen LogP contribution in [0.25, 0.3) is 0 Å². The summed E-state index contributed by atoms with van der Waals surface area (Å²) >= 11 is 0. The minimum absolute atomic E-state index is 0.0124. The number of carbonyl (C=O) groups excluding carboxylic acids is 2. The van der Waals surface area contributed by atoms with Gasteiger partial charge in [-0.05, 0) is 79.1 Å². The van der Waals surface area contributed by atoms with Crippen LogP contribution < -0.4 is 4.90 Å². The van der Waals surface area contributed by atoms with E-state index in [1.54, 1.807) is 0 Å². The van der Waals surface area contributed by atoms with Crippen molar-refractivity contribution in [1.29, 1.82) is 0 Å². The smallest absolute Gasteiger partial charge is 0.416 e. The maximum atomic E-state index is 13.8. The topological polar surface area (TPSA) is 59.1 Å². The van der Waals surface area contributed by atoms with Gasteiger partial charge in [0.1, 0.15) is 0 Å². The van der Waals surface area contributed by atoms with Crippen LogP contribution in [-0.2, 0) is 34.5 Å². The van der Waals surface area contributed by atoms with Crippen molar-refractivity contribution in [3.8, 4) is 0 Å². The Bertz CT molecular complexity index is 1340. The summed E-state index contributed by atoms with van der Waals surface area (Å²) in [6, 6.07) is 1.35. The number of anilines is 1. The molecule has 1 heterocycles. The average molecular weight is 641 g/mol. The summed E-state index contributed by atoms with van der Waals surface area (Å²) in [6.45, 7) is 1.05. The molecule has 2 unspecified atom stereocenters. The second-order valence-corrected chi connectivity index (χ2v) is 10.8. The second kappa shape index (κ2) is 12.4. The zero-order valence-electron chi connectivity index (χ0n) is 23.6. The van der Waals surface area contributed by atoms with Gasteiger partial charge in [0.05, 0.1) is 42.1 Å². The van der Waals surface area contributed by atoms with Gasteiger partial charge in [0, 0.05) is 12.6 Å². The van der Waals surface area contributed by atoms with E-state index in [4.69, 9.17) is 9.47 Å². The van der Waals surface area contributed by atoms with Crippen molar-refractivity contribution >= 4 is 17.9 Å². The Labute approximate surface area is 246 Å². The first-order chi connectivity index (χ1) is 20.5. The Morgan fingerprint density at radius 3 is 1.98 bits per heavy atom. The molecule has 6 nitrogen and oxygen atoms in total. The highest BCUT2D eigenvalue weighted by Gasteiger charge is 2.48. The van der Waals surface area contributed by atoms with Crippen molar-refractivity contribution in [3.63, 3.8) is 0 Å². The number of alkyl halides is 9. The molecule has 1 aliphatic carbocycles. The molecule has 0 bridgehead atoms. The highest BCUT2D eigenvalue weighted by atomic mass is 19.4. The Kier molecular flexibility index (Phi) is 9.36. The molecule has 242 valence electrons. The number of ether oxygens (including phenoxy) is 2. The Morgan fingerprint density at radius 1 is 0.886 bits per heavy atom. The molecule has 0 radical (unpaired) electrons. The minimum atomic E-state index is -5.17. The molecule has 0 aromatic heterocycles. The lowest BCUT2D eigenvalue weighted by Gasteiger charge is -2.44. The summed E-state index contributed by atoms with van der Waals surface area (Å²) in [4.78, 5) is 28.4. The maximum Gasteiger partial charge on any atom is 0.416 e. The monoisotopic (exact) mass is 640 g/mol. The van der Waals surface area contributed by atoms with Crippen LogP contribution in [0.5, 0.6) is 0 Å². The van der Waals surface area contributed by atoms with Crippen LogP contribution in [0.4, 0.5) is 54.8 Å². The quantitative estimate of drug-likeness (QED) is 0.224. The lowest BCUT2D eigenvalue weighted by atomic mass is 9.86. The average Bonchev–Trinajstić information content (AvgIpc) is 3.78. The summed E-state index contributed by atoms with van der Waals surface area (Å²) in [5, 5.41) is 0. The second-order valence-electron chi connectivity index (χ2n) is 10.8. The summed E-state index contributed by atoms with van der Waals surface area (Å²) < 4.78 is 133. The van der Waals surface area contributed by atoms with Gasteiger partial charge in [-0.15, -0.1) is 0 Å². The van der Waals surface area contributed by atoms with E-state index in [-0.39, 0.29) is 36.3 Å². The number of unbranched alkanes of at least 4 members (excludes halogenated alkanes) is 1. The van der Waals surface area contributed by atoms with Crippen molar-refractivity contribution in [2.24, 2.45) is 5.92 Å². The van der Waals surface area contributed by atoms with Gasteiger partial charge in [-0.3, -0.25) is 9.80 Å². The summed E-state index contributed by atoms with van der Waals surface area (Å²) in [5.41, 5.74) is -5.14. The number of rotatable bonds is 7. The van der Waals surface area contributed by atoms with Crippen molar-refractivity contribution in [2.45, 2.75) is 76.2 Å². The van der Waals surface area contributed by atoms with Gasteiger partial charge in [0.15, 0.2) is 0 Å². The molecule has 0 N–H and O–H groups in total. The fourth-order valence-corrected chi connectivity index (χ4v) is 5.37. The largest absolute Gasteiger partial charge is 0.453 e. The van der Waals surface area contributed by atoms with E-state index in [1.807, 2.05) is 6.92 Å². The molecule has 2 atom stereocenters. The first-order valence-electron chi connectivity index (χ1n) is 13.8. The molecular formula is C29H29F9N2O4. The highest BCUT2D eigenvalue weighted by molar-refractivity contribution is 5.91. The maximum absolute atomic E-state index is 13.8. The summed E-state index contributed by atoms with van der Waals surface area (Å²) in [6.07, 6.45) is -14.8. The number of fused-ring (bicyclic) bond motifs is 1. The molecule has 15 heteroatoms. The SMILES string of the molecule is CCCCOC(=O)N1c2ccc(C(F)(F)F)cc2C(N(Cc2cc(C(F)(F)F)cc(C(F)(F)F)c2)C(=O)OC)CC1C1CC1. The van der Waals surface area contributed by atoms with E-state index in [0.29, 0.717) is 37.8 Å². The van der Waals surface area contributed by atoms with Crippen molar-refractivity contribution in [1.82, 2.24) is 4.90 Å². The van der Waals surface area contributed by atoms with Crippen LogP contribution in [0.2, 0.25) is 0 Å². The van der Waals surface area contributed by atoms with E-state index in [9.17, 15) is 49.1 Å². The standard InChI is InChI=1S/C29H29F9N2O4/c1-3-4-9-44-26(42)40-22-8-7-18(27(30,31)32)13-21(22)24(14-23(40)17-5-6-17)39(25(41)43-2)15-16-10-19(28(33,34)35)12-20(11-16)29(36,37)38/h7-8,10-13,17,23-24H,3-6,9,14-15H2,1-2H3. The third kappa shape index (κ3) is 7.34. The number of carbonyl (C=O) groups is 2. The predicted octanol–water partition coefficient (Wildman–Crippen LogP) is 8.98. The molecule has 1 aliphatic heterocycles. The number of amides is 2. The minimum Gasteiger partial charge on any atom is -0.453 e. The van der Waals surface area contributed by atoms with E-state index in [2.05, 4.69) is 0 Å². The van der Waals surface area contributed by atoms with Gasteiger partial charge in [0.25, 0.3) is 0 Å². The molecule has 1 fully saturated rings. The lowest BCUT2D eigenvalue weighted by Crippen LogP contribution is -2.50. The fraction of sp³-hybridized carbons (Fsp3) is 0.517. The molecule has 1 saturated carbocycles. The Hall–Kier alpha value is -3.65. The molecular weight excluding hydrogens is 611 g/mol. The summed E-state index contributed by atoms with van der Waals surface area (Å²) in [7, 11) is 0.925. The van der Waals surface area contributed by atoms with E-state index in [0.717, 1.165) is 30.2 Å². The van der Waals surface area contributed by atoms with Gasteiger partial charge >= 0.3 is 30.7 Å². The van der Waals surface area contributed by atoms with E-state index >= 15 is 0 Å². The lowest BCUT2D eigenvalue weighted by molar-refractivity contribution is -0.143. The van der Waals surface area contributed by atoms with Gasteiger partial charge in [-0.25, -0.2) is 9.59 Å². The van der Waals surface area contributed by atoms with E-state index < -0.39 is 71.6 Å². The molecule has 44 heavy (non-hydrogen) atoms. The molecule has 2 aromatic carbocycles. The van der Waals surface area contributed by atoms with E-state index in [1.165, 1.54) is 4.90 Å². The van der Waals surface area contributed by atoms with Crippen LogP contribution in [0, 0.1) is 5.92 Å². The highest BCUT2D eigenvalue weighted by Crippen LogP contribution is 2.50. The molecule has 2 aliphatic rings. The number of hydrogen-bond donors (Lipinski definition) is 0. The number of hydrogen-bond acceptors (Lipinski definition) is 4. The van der Waals surface area contributed by atoms with Crippen LogP contribution in [0.3, 0.4) is 0 Å². The third-order valence-corrected chi connectivity index (χ3v) is 7.64. The summed E-state index contributed by atoms with van der Waals surface area (Å²) in [5.74, 6) is -0.128. The van der Waals surface area contributed by atoms with Crippen molar-refractivity contribution < 1.29 is 58.6 Å². The van der Waals surface area contributed by atoms with Crippen molar-refractivity contribution in [2.75, 3.05) is 18.6 Å². The Balaban J connectivity index is 1.86. The molecule has 2 amide bonds. The normalized spacial score (nSPS) is 18.9. The van der Waals surface area contributed by atoms with Crippen LogP contribution in [0.15, 0.2) is 36.4 Å². The van der Waals surface area contributed by atoms with Gasteiger partial charge < -0.3 is 9.47 Å². The first kappa shape index (κ1) is 33.2. The zero-order valence-corrected chi connectivity index (χ0v) is 23.6. The number of methoxy groups -OCH3 is 1. The fourth-order valence-electron chi connectivity index (χ4n) is 5.37. The predicted molar refractivity (Wildman–Crippen MR) is 138 cm³/mol. The number of benzene rings is 2. The van der Waals surface area contributed by atoms with Crippen molar-refractivity contribution in [3.05, 3.63) is 64.2 Å². The first-order valence-corrected chi connectivity index (χ1v) is 13.8. The van der Waals surface area contributed by atoms with Crippen LogP contribution in [-0.4, -0.2) is 36.8 Å². The van der Waals surface area contributed by atoms with Gasteiger partial charge in [-0.2, -0.15) is 39.5 Å². The molecule has 0 spiro atoms. The molecule has 0 saturated heterocycles. The van der Waals surface area contributed by atoms with Crippen LogP contribution in [0.1, 0.15) is 72.9 Å². The zero-order chi connectivity index (χ0) is 32.6. The third-order valence-electron chi connectivity index (χ3n) is 7.64. The Morgan fingerprint density at radius 2 is 1.48 bits per heavy atom.